The van der Waals surface area contributed by atoms with Gasteiger partial charge in [0.05, 0.1) is 6.07 Å². The van der Waals surface area contributed by atoms with Gasteiger partial charge in [0.15, 0.2) is 0 Å². The molecule has 0 aromatic carbocycles. The average Bonchev–Trinajstić information content (AvgIpc) is 3.34. The van der Waals surface area contributed by atoms with Gasteiger partial charge >= 0.3 is 0 Å². The lowest BCUT2D eigenvalue weighted by molar-refractivity contribution is -0.140. The minimum absolute atomic E-state index is 0.0355. The molecule has 0 spiro atoms. The summed E-state index contributed by atoms with van der Waals surface area (Å²) in [6.07, 6.45) is 10.5. The van der Waals surface area contributed by atoms with Crippen molar-refractivity contribution in [1.29, 1.82) is 5.26 Å². The number of carbonyl (C=O) groups excluding carboxylic acids is 2. The Morgan fingerprint density at radius 2 is 1.81 bits per heavy atom. The lowest BCUT2D eigenvalue weighted by Crippen LogP contribution is -2.56. The van der Waals surface area contributed by atoms with Crippen LogP contribution in [-0.2, 0) is 9.59 Å². The third kappa shape index (κ3) is 3.59. The number of amides is 2. The van der Waals surface area contributed by atoms with Gasteiger partial charge < -0.3 is 16.0 Å². The number of hydrogen-bond acceptors (Lipinski definition) is 4. The van der Waals surface area contributed by atoms with E-state index in [4.69, 9.17) is 5.73 Å². The first-order valence-corrected chi connectivity index (χ1v) is 10.3. The zero-order valence-corrected chi connectivity index (χ0v) is 15.8. The maximum Gasteiger partial charge on any atom is 0.224 e. The van der Waals surface area contributed by atoms with Crippen LogP contribution in [-0.4, -0.2) is 41.4 Å². The number of primary amides is 1. The van der Waals surface area contributed by atoms with Crippen LogP contribution < -0.4 is 11.1 Å². The smallest absolute Gasteiger partial charge is 0.224 e. The van der Waals surface area contributed by atoms with Gasteiger partial charge in [-0.1, -0.05) is 32.1 Å². The van der Waals surface area contributed by atoms with Crippen LogP contribution >= 0.6 is 0 Å². The first kappa shape index (κ1) is 19.2. The van der Waals surface area contributed by atoms with E-state index in [1.54, 1.807) is 0 Å². The molecule has 3 rings (SSSR count). The summed E-state index contributed by atoms with van der Waals surface area (Å²) in [7, 11) is 0. The molecule has 0 radical (unpaired) electrons. The maximum atomic E-state index is 13.3. The topological polar surface area (TPSA) is 99.2 Å². The molecule has 0 aromatic rings. The van der Waals surface area contributed by atoms with Crippen molar-refractivity contribution in [2.45, 2.75) is 88.6 Å². The summed E-state index contributed by atoms with van der Waals surface area (Å²) in [5, 5.41) is 13.2. The second kappa shape index (κ2) is 7.96. The summed E-state index contributed by atoms with van der Waals surface area (Å²) < 4.78 is 0. The van der Waals surface area contributed by atoms with Crippen LogP contribution in [0.3, 0.4) is 0 Å². The number of nitriles is 1. The normalized spacial score (nSPS) is 28.6. The molecule has 3 N–H and O–H groups in total. The maximum absolute atomic E-state index is 13.3. The molecule has 3 fully saturated rings. The van der Waals surface area contributed by atoms with Gasteiger partial charge in [0.1, 0.15) is 5.54 Å². The predicted octanol–water partition coefficient (Wildman–Crippen LogP) is 2.23. The van der Waals surface area contributed by atoms with Crippen LogP contribution in [0.1, 0.15) is 77.0 Å². The van der Waals surface area contributed by atoms with E-state index in [1.165, 1.54) is 0 Å². The molecule has 1 heterocycles. The molecule has 6 nitrogen and oxygen atoms in total. The summed E-state index contributed by atoms with van der Waals surface area (Å²) in [6.45, 7) is 1.32. The highest BCUT2D eigenvalue weighted by molar-refractivity contribution is 5.83. The molecule has 1 saturated heterocycles. The zero-order chi connectivity index (χ0) is 18.6. The Morgan fingerprint density at radius 1 is 1.12 bits per heavy atom. The van der Waals surface area contributed by atoms with Gasteiger partial charge in [0.25, 0.3) is 0 Å². The Hall–Kier alpha value is -1.61. The molecule has 1 unspecified atom stereocenters. The molecule has 0 bridgehead atoms. The Kier molecular flexibility index (Phi) is 5.86. The third-order valence-corrected chi connectivity index (χ3v) is 6.91. The molecule has 1 atom stereocenters. The number of hydrogen-bond donors (Lipinski definition) is 2. The van der Waals surface area contributed by atoms with Crippen LogP contribution in [0.2, 0.25) is 0 Å². The van der Waals surface area contributed by atoms with Gasteiger partial charge in [0, 0.05) is 24.4 Å². The molecule has 2 amide bonds. The van der Waals surface area contributed by atoms with Crippen LogP contribution in [0.4, 0.5) is 0 Å². The average molecular weight is 361 g/mol. The standard InChI is InChI=1S/C20H32N4O2/c21-14-20(12-13-23-15-20)24(16-6-2-3-7-16)17(25)8-11-19(18(22)26)9-4-1-5-10-19/h16,23H,1-13,15H2,(H2,22,26). The van der Waals surface area contributed by atoms with Crippen LogP contribution in [0.15, 0.2) is 0 Å². The molecule has 3 aliphatic rings. The molecular weight excluding hydrogens is 328 g/mol. The molecule has 26 heavy (non-hydrogen) atoms. The fourth-order valence-electron chi connectivity index (χ4n) is 5.30. The van der Waals surface area contributed by atoms with Gasteiger partial charge in [-0.05, 0) is 45.1 Å². The van der Waals surface area contributed by atoms with Crippen molar-refractivity contribution in [1.82, 2.24) is 10.2 Å². The number of nitrogens with two attached hydrogens (primary N) is 1. The monoisotopic (exact) mass is 360 g/mol. The Bertz CT molecular complexity index is 565. The summed E-state index contributed by atoms with van der Waals surface area (Å²) in [4.78, 5) is 27.3. The first-order chi connectivity index (χ1) is 12.5. The highest BCUT2D eigenvalue weighted by Gasteiger charge is 2.47. The highest BCUT2D eigenvalue weighted by Crippen LogP contribution is 2.41. The van der Waals surface area contributed by atoms with Crippen molar-refractivity contribution in [3.05, 3.63) is 0 Å². The molecule has 6 heteroatoms. The second-order valence-electron chi connectivity index (χ2n) is 8.48. The first-order valence-electron chi connectivity index (χ1n) is 10.3. The van der Waals surface area contributed by atoms with Gasteiger partial charge in [-0.25, -0.2) is 0 Å². The van der Waals surface area contributed by atoms with Crippen LogP contribution in [0.5, 0.6) is 0 Å². The van der Waals surface area contributed by atoms with Crippen molar-refractivity contribution in [3.8, 4) is 6.07 Å². The van der Waals surface area contributed by atoms with E-state index in [1.807, 2.05) is 4.90 Å². The summed E-state index contributed by atoms with van der Waals surface area (Å²) in [5.74, 6) is -0.219. The van der Waals surface area contributed by atoms with E-state index in [2.05, 4.69) is 11.4 Å². The van der Waals surface area contributed by atoms with E-state index in [-0.39, 0.29) is 17.9 Å². The van der Waals surface area contributed by atoms with E-state index in [0.717, 1.165) is 64.3 Å². The summed E-state index contributed by atoms with van der Waals surface area (Å²) >= 11 is 0. The fourth-order valence-corrected chi connectivity index (χ4v) is 5.30. The van der Waals surface area contributed by atoms with Crippen molar-refractivity contribution in [3.63, 3.8) is 0 Å². The van der Waals surface area contributed by atoms with E-state index in [0.29, 0.717) is 25.8 Å². The van der Waals surface area contributed by atoms with Gasteiger partial charge in [-0.2, -0.15) is 5.26 Å². The second-order valence-corrected chi connectivity index (χ2v) is 8.48. The van der Waals surface area contributed by atoms with E-state index >= 15 is 0 Å². The van der Waals surface area contributed by atoms with Crippen molar-refractivity contribution in [2.75, 3.05) is 13.1 Å². The predicted molar refractivity (Wildman–Crippen MR) is 98.9 cm³/mol. The highest BCUT2D eigenvalue weighted by atomic mass is 16.2. The van der Waals surface area contributed by atoms with Crippen LogP contribution in [0, 0.1) is 16.7 Å². The minimum Gasteiger partial charge on any atom is -0.369 e. The molecule has 2 aliphatic carbocycles. The number of rotatable bonds is 6. The summed E-state index contributed by atoms with van der Waals surface area (Å²) in [6, 6.07) is 2.62. The molecule has 0 aromatic heterocycles. The number of nitrogens with one attached hydrogen (secondary N) is 1. The quantitative estimate of drug-likeness (QED) is 0.758. The van der Waals surface area contributed by atoms with Crippen molar-refractivity contribution < 1.29 is 9.59 Å². The molecule has 144 valence electrons. The largest absolute Gasteiger partial charge is 0.369 e. The Balaban J connectivity index is 1.75. The Morgan fingerprint density at radius 3 is 2.35 bits per heavy atom. The van der Waals surface area contributed by atoms with Crippen LogP contribution in [0.25, 0.3) is 0 Å². The fraction of sp³-hybridized carbons (Fsp3) is 0.850. The zero-order valence-electron chi connectivity index (χ0n) is 15.8. The van der Waals surface area contributed by atoms with E-state index in [9.17, 15) is 14.9 Å². The number of carbonyl (C=O) groups is 2. The van der Waals surface area contributed by atoms with E-state index < -0.39 is 11.0 Å². The minimum atomic E-state index is -0.724. The third-order valence-electron chi connectivity index (χ3n) is 6.91. The van der Waals surface area contributed by atoms with Crippen molar-refractivity contribution >= 4 is 11.8 Å². The summed E-state index contributed by atoms with van der Waals surface area (Å²) in [5.41, 5.74) is 4.49. The SMILES string of the molecule is N#CC1(N(C(=O)CCC2(C(N)=O)CCCCC2)C2CCCC2)CCNC1. The lowest BCUT2D eigenvalue weighted by atomic mass is 9.70. The molecular formula is C20H32N4O2. The Labute approximate surface area is 156 Å². The van der Waals surface area contributed by atoms with Gasteiger partial charge in [-0.3, -0.25) is 9.59 Å². The molecule has 1 aliphatic heterocycles. The molecule has 2 saturated carbocycles. The van der Waals surface area contributed by atoms with Crippen molar-refractivity contribution in [2.24, 2.45) is 11.1 Å². The lowest BCUT2D eigenvalue weighted by Gasteiger charge is -2.41. The van der Waals surface area contributed by atoms with Gasteiger partial charge in [-0.15, -0.1) is 0 Å². The number of nitrogens with zero attached hydrogens (tertiary/aromatic N) is 2. The van der Waals surface area contributed by atoms with Gasteiger partial charge in [0.2, 0.25) is 11.8 Å².